The number of phenols is 1. The van der Waals surface area contributed by atoms with Crippen LogP contribution in [-0.2, 0) is 13.0 Å². The summed E-state index contributed by atoms with van der Waals surface area (Å²) in [7, 11) is 0. The first-order valence-corrected chi connectivity index (χ1v) is 7.33. The maximum Gasteiger partial charge on any atom is 0.124 e. The predicted molar refractivity (Wildman–Crippen MR) is 87.0 cm³/mol. The van der Waals surface area contributed by atoms with Crippen molar-refractivity contribution in [2.75, 3.05) is 0 Å². The van der Waals surface area contributed by atoms with E-state index in [-0.39, 0.29) is 12.4 Å². The van der Waals surface area contributed by atoms with Crippen LogP contribution in [0.1, 0.15) is 44.5 Å². The predicted octanol–water partition coefficient (Wildman–Crippen LogP) is 4.02. The Labute approximate surface area is 127 Å². The summed E-state index contributed by atoms with van der Waals surface area (Å²) in [5.74, 6) is 0.218. The zero-order chi connectivity index (χ0) is 15.7. The molecule has 0 fully saturated rings. The summed E-state index contributed by atoms with van der Waals surface area (Å²) in [4.78, 5) is 0. The summed E-state index contributed by atoms with van der Waals surface area (Å²) < 4.78 is 0. The van der Waals surface area contributed by atoms with Gasteiger partial charge in [-0.05, 0) is 74.4 Å². The average molecular weight is 284 g/mol. The molecule has 2 nitrogen and oxygen atoms in total. The summed E-state index contributed by atoms with van der Waals surface area (Å²) in [6.07, 6.45) is 0.828. The summed E-state index contributed by atoms with van der Waals surface area (Å²) in [6.45, 7) is 10.1. The van der Waals surface area contributed by atoms with E-state index in [1.54, 1.807) is 0 Å². The molecule has 0 atom stereocenters. The third-order valence-electron chi connectivity index (χ3n) is 4.44. The minimum Gasteiger partial charge on any atom is -0.507 e. The van der Waals surface area contributed by atoms with Gasteiger partial charge in [-0.25, -0.2) is 0 Å². The second-order valence-corrected chi connectivity index (χ2v) is 6.01. The molecule has 0 aliphatic carbocycles. The molecule has 0 saturated heterocycles. The fraction of sp³-hybridized carbons (Fsp3) is 0.368. The van der Waals surface area contributed by atoms with E-state index < -0.39 is 0 Å². The van der Waals surface area contributed by atoms with Gasteiger partial charge in [0, 0.05) is 5.56 Å². The van der Waals surface area contributed by atoms with Crippen molar-refractivity contribution < 1.29 is 10.2 Å². The molecular formula is C19H24O2. The van der Waals surface area contributed by atoms with Crippen LogP contribution in [0.4, 0.5) is 0 Å². The van der Waals surface area contributed by atoms with E-state index in [1.807, 2.05) is 19.9 Å². The minimum absolute atomic E-state index is 0.127. The van der Waals surface area contributed by atoms with Crippen molar-refractivity contribution in [1.82, 2.24) is 0 Å². The van der Waals surface area contributed by atoms with Crippen molar-refractivity contribution >= 4 is 0 Å². The van der Waals surface area contributed by atoms with Gasteiger partial charge in [0.25, 0.3) is 0 Å². The van der Waals surface area contributed by atoms with Gasteiger partial charge in [-0.15, -0.1) is 0 Å². The van der Waals surface area contributed by atoms with Crippen molar-refractivity contribution in [3.63, 3.8) is 0 Å². The van der Waals surface area contributed by atoms with Crippen molar-refractivity contribution in [2.24, 2.45) is 0 Å². The van der Waals surface area contributed by atoms with Crippen molar-refractivity contribution in [3.8, 4) is 5.75 Å². The number of hydrogen-bond donors (Lipinski definition) is 2. The van der Waals surface area contributed by atoms with Gasteiger partial charge in [-0.2, -0.15) is 0 Å². The van der Waals surface area contributed by atoms with Gasteiger partial charge in [0.1, 0.15) is 5.75 Å². The average Bonchev–Trinajstić information content (AvgIpc) is 2.42. The number of hydrogen-bond acceptors (Lipinski definition) is 2. The molecule has 0 spiro atoms. The minimum atomic E-state index is -0.127. The quantitative estimate of drug-likeness (QED) is 0.893. The Morgan fingerprint density at radius 2 is 1.43 bits per heavy atom. The van der Waals surface area contributed by atoms with Crippen molar-refractivity contribution in [2.45, 2.75) is 47.6 Å². The highest BCUT2D eigenvalue weighted by atomic mass is 16.3. The summed E-state index contributed by atoms with van der Waals surface area (Å²) in [5, 5.41) is 19.5. The van der Waals surface area contributed by atoms with Crippen LogP contribution in [-0.4, -0.2) is 10.2 Å². The molecule has 0 radical (unpaired) electrons. The normalized spacial score (nSPS) is 11.0. The van der Waals surface area contributed by atoms with Gasteiger partial charge >= 0.3 is 0 Å². The van der Waals surface area contributed by atoms with Crippen molar-refractivity contribution in [3.05, 3.63) is 62.7 Å². The van der Waals surface area contributed by atoms with Crippen LogP contribution >= 0.6 is 0 Å². The standard InChI is InChI=1S/C19H24O2/c1-11-6-12(2)14(4)16(7-11)9-17-8-13(3)19(21)18(10-20)15(17)5/h6-8,20-21H,9-10H2,1-5H3. The Hall–Kier alpha value is -1.80. The Bertz CT molecular complexity index is 685. The molecule has 2 aromatic carbocycles. The van der Waals surface area contributed by atoms with Gasteiger partial charge in [-0.1, -0.05) is 23.8 Å². The molecular weight excluding hydrogens is 260 g/mol. The first-order valence-electron chi connectivity index (χ1n) is 7.33. The number of aryl methyl sites for hydroxylation is 3. The summed E-state index contributed by atoms with van der Waals surface area (Å²) >= 11 is 0. The number of aromatic hydroxyl groups is 1. The first-order chi connectivity index (χ1) is 9.85. The zero-order valence-electron chi connectivity index (χ0n) is 13.5. The van der Waals surface area contributed by atoms with Gasteiger partial charge in [0.05, 0.1) is 6.61 Å². The van der Waals surface area contributed by atoms with Crippen LogP contribution in [0.25, 0.3) is 0 Å². The highest BCUT2D eigenvalue weighted by molar-refractivity contribution is 5.51. The van der Waals surface area contributed by atoms with E-state index in [9.17, 15) is 10.2 Å². The smallest absolute Gasteiger partial charge is 0.124 e. The number of rotatable bonds is 3. The maximum absolute atomic E-state index is 10.1. The van der Waals surface area contributed by atoms with Crippen LogP contribution in [0.15, 0.2) is 18.2 Å². The molecule has 0 bridgehead atoms. The summed E-state index contributed by atoms with van der Waals surface area (Å²) in [5.41, 5.74) is 8.82. The van der Waals surface area contributed by atoms with E-state index >= 15 is 0 Å². The molecule has 2 aromatic rings. The third-order valence-corrected chi connectivity index (χ3v) is 4.44. The van der Waals surface area contributed by atoms with Crippen LogP contribution in [0, 0.1) is 34.6 Å². The third kappa shape index (κ3) is 2.96. The summed E-state index contributed by atoms with van der Waals surface area (Å²) in [6, 6.07) is 6.45. The van der Waals surface area contributed by atoms with E-state index in [1.165, 1.54) is 27.8 Å². The first kappa shape index (κ1) is 15.6. The lowest BCUT2D eigenvalue weighted by atomic mass is 9.90. The number of aliphatic hydroxyl groups excluding tert-OH is 1. The molecule has 2 N–H and O–H groups in total. The van der Waals surface area contributed by atoms with Crippen LogP contribution < -0.4 is 0 Å². The molecule has 0 heterocycles. The lowest BCUT2D eigenvalue weighted by molar-refractivity contribution is 0.274. The zero-order valence-corrected chi connectivity index (χ0v) is 13.5. The Kier molecular flexibility index (Phi) is 4.38. The molecule has 0 unspecified atom stereocenters. The molecule has 0 aliphatic heterocycles. The topological polar surface area (TPSA) is 40.5 Å². The van der Waals surface area contributed by atoms with Crippen molar-refractivity contribution in [1.29, 1.82) is 0 Å². The van der Waals surface area contributed by atoms with E-state index in [0.29, 0.717) is 5.56 Å². The fourth-order valence-electron chi connectivity index (χ4n) is 2.94. The second kappa shape index (κ2) is 5.90. The number of benzene rings is 2. The van der Waals surface area contributed by atoms with Gasteiger partial charge in [0.15, 0.2) is 0 Å². The molecule has 21 heavy (non-hydrogen) atoms. The maximum atomic E-state index is 10.1. The van der Waals surface area contributed by atoms with Crippen LogP contribution in [0.3, 0.4) is 0 Å². The van der Waals surface area contributed by atoms with Gasteiger partial charge in [0.2, 0.25) is 0 Å². The lowest BCUT2D eigenvalue weighted by Gasteiger charge is -2.16. The Balaban J connectivity index is 2.53. The molecule has 0 saturated carbocycles. The Morgan fingerprint density at radius 3 is 2.05 bits per heavy atom. The molecule has 2 rings (SSSR count). The van der Waals surface area contributed by atoms with E-state index in [4.69, 9.17) is 0 Å². The molecule has 0 amide bonds. The van der Waals surface area contributed by atoms with Crippen LogP contribution in [0.5, 0.6) is 5.75 Å². The lowest BCUT2D eigenvalue weighted by Crippen LogP contribution is -2.02. The SMILES string of the molecule is Cc1cc(C)c(C)c(Cc2cc(C)c(O)c(CO)c2C)c1. The molecule has 0 aromatic heterocycles. The van der Waals surface area contributed by atoms with E-state index in [0.717, 1.165) is 17.5 Å². The second-order valence-electron chi connectivity index (χ2n) is 6.01. The van der Waals surface area contributed by atoms with E-state index in [2.05, 4.69) is 32.9 Å². The van der Waals surface area contributed by atoms with Gasteiger partial charge < -0.3 is 10.2 Å². The Morgan fingerprint density at radius 1 is 0.810 bits per heavy atom. The molecule has 112 valence electrons. The highest BCUT2D eigenvalue weighted by Gasteiger charge is 2.13. The van der Waals surface area contributed by atoms with Gasteiger partial charge in [-0.3, -0.25) is 0 Å². The molecule has 2 heteroatoms. The monoisotopic (exact) mass is 284 g/mol. The largest absolute Gasteiger partial charge is 0.507 e. The number of aliphatic hydroxyl groups is 1. The van der Waals surface area contributed by atoms with Crippen LogP contribution in [0.2, 0.25) is 0 Å². The fourth-order valence-corrected chi connectivity index (χ4v) is 2.94. The molecule has 0 aliphatic rings. The highest BCUT2D eigenvalue weighted by Crippen LogP contribution is 2.30.